The molecule has 0 N–H and O–H groups in total. The average molecular weight is 1440 g/mol. The van der Waals surface area contributed by atoms with Gasteiger partial charge in [-0.05, 0) is 216 Å². The molecule has 112 heavy (non-hydrogen) atoms. The summed E-state index contributed by atoms with van der Waals surface area (Å²) in [6.07, 6.45) is 2.32. The maximum atomic E-state index is 2.75. The SMILES string of the molecule is CC(C)(C)c1cccc(Cc2ccc3c(c2)N(Cc2c(-c4ccccc4)cccc2-c2ccccc2)c2cc(CCN(c4ccccc4)c4ccc(-n5c6ccccc6c6ccccc65)cc4)cc4c2B3c2ccc(-n3c5ccccc5c5ccccc53)cc2N4CCc2cc(-c3ccccc3)cc(-c3ccccc3)c2)c1. The van der Waals surface area contributed by atoms with E-state index in [-0.39, 0.29) is 12.1 Å². The summed E-state index contributed by atoms with van der Waals surface area (Å²) in [5.41, 5.74) is 35.7. The van der Waals surface area contributed by atoms with Gasteiger partial charge in [-0.2, -0.15) is 0 Å². The number of anilines is 6. The lowest BCUT2D eigenvalue weighted by Gasteiger charge is -2.45. The predicted molar refractivity (Wildman–Crippen MR) is 475 cm³/mol. The van der Waals surface area contributed by atoms with Crippen LogP contribution in [0.1, 0.15) is 54.2 Å². The Bertz CT molecular complexity index is 6330. The Morgan fingerprint density at radius 1 is 0.304 bits per heavy atom. The lowest BCUT2D eigenvalue weighted by atomic mass is 9.33. The second-order valence-electron chi connectivity index (χ2n) is 31.4. The predicted octanol–water partition coefficient (Wildman–Crippen LogP) is 24.7. The number of fused-ring (bicyclic) bond motifs is 10. The highest BCUT2D eigenvalue weighted by Gasteiger charge is 2.44. The van der Waals surface area contributed by atoms with Crippen LogP contribution in [0.25, 0.3) is 99.5 Å². The molecule has 0 unspecified atom stereocenters. The number of aromatic nitrogens is 2. The van der Waals surface area contributed by atoms with E-state index in [1.807, 2.05) is 0 Å². The molecule has 0 radical (unpaired) electrons. The first-order valence-electron chi connectivity index (χ1n) is 39.6. The summed E-state index contributed by atoms with van der Waals surface area (Å²) in [6.45, 7) is 8.88. The lowest BCUT2D eigenvalue weighted by Crippen LogP contribution is -2.62. The fraction of sp³-hybridized carbons (Fsp3) is 0.0943. The molecule has 20 rings (SSSR count). The molecule has 0 bridgehead atoms. The lowest BCUT2D eigenvalue weighted by molar-refractivity contribution is 0.589. The molecule has 2 aliphatic heterocycles. The van der Waals surface area contributed by atoms with Gasteiger partial charge in [0.15, 0.2) is 0 Å². The molecule has 0 saturated carbocycles. The van der Waals surface area contributed by atoms with E-state index in [1.165, 1.54) is 161 Å². The van der Waals surface area contributed by atoms with Gasteiger partial charge in [0.1, 0.15) is 0 Å². The van der Waals surface area contributed by atoms with E-state index in [9.17, 15) is 0 Å². The zero-order valence-corrected chi connectivity index (χ0v) is 63.4. The minimum absolute atomic E-state index is 0.00250. The molecule has 5 nitrogen and oxygen atoms in total. The van der Waals surface area contributed by atoms with Crippen molar-refractivity contribution in [1.29, 1.82) is 0 Å². The number of benzene rings is 16. The molecule has 4 heterocycles. The van der Waals surface area contributed by atoms with Crippen LogP contribution < -0.4 is 31.1 Å². The Morgan fingerprint density at radius 3 is 1.28 bits per heavy atom. The van der Waals surface area contributed by atoms with E-state index in [2.05, 4.69) is 427 Å². The third-order valence-electron chi connectivity index (χ3n) is 23.6. The van der Waals surface area contributed by atoms with Gasteiger partial charge in [-0.25, -0.2) is 0 Å². The number of para-hydroxylation sites is 5. The van der Waals surface area contributed by atoms with E-state index in [0.29, 0.717) is 19.6 Å². The number of nitrogens with zero attached hydrogens (tertiary/aromatic N) is 5. The Morgan fingerprint density at radius 2 is 0.732 bits per heavy atom. The van der Waals surface area contributed by atoms with Crippen LogP contribution in [0.5, 0.6) is 0 Å². The standard InChI is InChI=1S/C106H84BN5/c1-106(2,3)83-38-27-29-73(66-83)63-74-51-57-95-101(67-74)110(72-94-88(79-34-13-6-14-35-79)45-28-46-89(94)80-36-15-7-16-37-80)104-69-76(59-61-108(84-39-17-8-18-40-84)85-52-54-86(55-53-85)111-97-47-23-19-41-90(97)91-42-20-24-48-98(91)111)68-103-105(104)107(95)96-58-56-87(112-99-49-25-21-43-92(99)93-44-22-26-50-100(93)112)71-102(96)109(103)62-60-75-64-81(77-30-9-4-10-31-77)70-82(65-75)78-32-11-5-12-33-78/h4-58,64-71H,59-63,72H2,1-3H3. The van der Waals surface area contributed by atoms with Gasteiger partial charge in [0.25, 0.3) is 6.71 Å². The van der Waals surface area contributed by atoms with Crippen LogP contribution in [0.15, 0.2) is 382 Å². The molecule has 536 valence electrons. The molecule has 0 aliphatic carbocycles. The minimum atomic E-state index is -0.125. The van der Waals surface area contributed by atoms with Crippen molar-refractivity contribution in [2.45, 2.75) is 52.0 Å². The van der Waals surface area contributed by atoms with Crippen molar-refractivity contribution in [3.8, 4) is 55.9 Å². The number of hydrogen-bond acceptors (Lipinski definition) is 3. The summed E-state index contributed by atoms with van der Waals surface area (Å²) < 4.78 is 4.93. The first-order chi connectivity index (χ1) is 55.2. The van der Waals surface area contributed by atoms with Crippen molar-refractivity contribution in [2.24, 2.45) is 0 Å². The molecule has 0 amide bonds. The van der Waals surface area contributed by atoms with Crippen LogP contribution in [0.4, 0.5) is 34.1 Å². The monoisotopic (exact) mass is 1440 g/mol. The number of hydrogen-bond donors (Lipinski definition) is 0. The largest absolute Gasteiger partial charge is 0.342 e. The molecule has 0 spiro atoms. The molecule has 2 aromatic heterocycles. The van der Waals surface area contributed by atoms with Gasteiger partial charge in [-0.15, -0.1) is 0 Å². The fourth-order valence-electron chi connectivity index (χ4n) is 18.2. The molecule has 6 heteroatoms. The van der Waals surface area contributed by atoms with Gasteiger partial charge in [0, 0.05) is 86.7 Å². The van der Waals surface area contributed by atoms with Crippen LogP contribution in [-0.2, 0) is 31.2 Å². The summed E-state index contributed by atoms with van der Waals surface area (Å²) in [6, 6.07) is 144. The molecule has 0 fully saturated rings. The Kier molecular flexibility index (Phi) is 17.3. The van der Waals surface area contributed by atoms with Crippen LogP contribution in [0, 0.1) is 0 Å². The smallest absolute Gasteiger partial charge is 0.252 e. The van der Waals surface area contributed by atoms with Gasteiger partial charge < -0.3 is 23.8 Å². The summed E-state index contributed by atoms with van der Waals surface area (Å²) in [4.78, 5) is 8.04. The molecule has 16 aromatic carbocycles. The molecular formula is C106H84BN5. The van der Waals surface area contributed by atoms with Gasteiger partial charge in [-0.1, -0.05) is 306 Å². The highest BCUT2D eigenvalue weighted by molar-refractivity contribution is 7.00. The quantitative estimate of drug-likeness (QED) is 0.0799. The minimum Gasteiger partial charge on any atom is -0.342 e. The van der Waals surface area contributed by atoms with Gasteiger partial charge in [-0.3, -0.25) is 0 Å². The van der Waals surface area contributed by atoms with E-state index in [4.69, 9.17) is 0 Å². The van der Waals surface area contributed by atoms with Crippen molar-refractivity contribution in [2.75, 3.05) is 27.8 Å². The summed E-state index contributed by atoms with van der Waals surface area (Å²) in [5, 5.41) is 5.00. The second-order valence-corrected chi connectivity index (χ2v) is 31.4. The average Bonchev–Trinajstić information content (AvgIpc) is 0.778. The fourth-order valence-corrected chi connectivity index (χ4v) is 18.2. The van der Waals surface area contributed by atoms with Crippen molar-refractivity contribution >= 4 is 101 Å². The van der Waals surface area contributed by atoms with E-state index < -0.39 is 0 Å². The van der Waals surface area contributed by atoms with Gasteiger partial charge in [0.2, 0.25) is 0 Å². The normalized spacial score (nSPS) is 12.4. The van der Waals surface area contributed by atoms with Crippen molar-refractivity contribution < 1.29 is 0 Å². The Hall–Kier alpha value is -13.4. The summed E-state index contributed by atoms with van der Waals surface area (Å²) in [7, 11) is 0. The Balaban J connectivity index is 0.815. The highest BCUT2D eigenvalue weighted by Crippen LogP contribution is 2.45. The van der Waals surface area contributed by atoms with Crippen LogP contribution in [-0.4, -0.2) is 28.9 Å². The molecule has 0 saturated heterocycles. The van der Waals surface area contributed by atoms with Crippen molar-refractivity contribution in [3.63, 3.8) is 0 Å². The van der Waals surface area contributed by atoms with Crippen LogP contribution >= 0.6 is 0 Å². The Labute approximate surface area is 656 Å². The van der Waals surface area contributed by atoms with E-state index in [0.717, 1.165) is 42.0 Å². The van der Waals surface area contributed by atoms with Gasteiger partial charge >= 0.3 is 0 Å². The van der Waals surface area contributed by atoms with Crippen LogP contribution in [0.3, 0.4) is 0 Å². The van der Waals surface area contributed by atoms with E-state index in [1.54, 1.807) is 0 Å². The zero-order valence-electron chi connectivity index (χ0n) is 63.4. The van der Waals surface area contributed by atoms with Crippen molar-refractivity contribution in [1.82, 2.24) is 9.13 Å². The first-order valence-corrected chi connectivity index (χ1v) is 39.6. The summed E-state index contributed by atoms with van der Waals surface area (Å²) >= 11 is 0. The van der Waals surface area contributed by atoms with Crippen LogP contribution in [0.2, 0.25) is 0 Å². The summed E-state index contributed by atoms with van der Waals surface area (Å²) in [5.74, 6) is 0. The molecular weight excluding hydrogens is 1350 g/mol. The highest BCUT2D eigenvalue weighted by atomic mass is 15.2. The second kappa shape index (κ2) is 28.5. The topological polar surface area (TPSA) is 19.6 Å². The third-order valence-corrected chi connectivity index (χ3v) is 23.6. The maximum Gasteiger partial charge on any atom is 0.252 e. The molecule has 0 atom stereocenters. The molecule has 18 aromatic rings. The maximum absolute atomic E-state index is 2.75. The number of rotatable bonds is 18. The molecule has 2 aliphatic rings. The van der Waals surface area contributed by atoms with E-state index >= 15 is 0 Å². The zero-order chi connectivity index (χ0) is 74.8. The first kappa shape index (κ1) is 67.9. The van der Waals surface area contributed by atoms with Crippen molar-refractivity contribution in [3.05, 3.63) is 416 Å². The van der Waals surface area contributed by atoms with Gasteiger partial charge in [0.05, 0.1) is 22.1 Å². The third kappa shape index (κ3) is 12.4.